The molecular formula is C29H24N2O6. The number of aliphatic hydroxyl groups is 1. The number of aliphatic hydroxyl groups excluding tert-OH is 1. The van der Waals surface area contributed by atoms with Gasteiger partial charge in [-0.25, -0.2) is 0 Å². The van der Waals surface area contributed by atoms with Crippen LogP contribution in [0.25, 0.3) is 5.76 Å². The molecule has 1 amide bonds. The quantitative estimate of drug-likeness (QED) is 0.213. The molecule has 0 bridgehead atoms. The van der Waals surface area contributed by atoms with E-state index in [1.807, 2.05) is 30.3 Å². The lowest BCUT2D eigenvalue weighted by atomic mass is 9.95. The summed E-state index contributed by atoms with van der Waals surface area (Å²) in [6.45, 7) is 2.02. The van der Waals surface area contributed by atoms with Gasteiger partial charge in [0.15, 0.2) is 17.3 Å². The fourth-order valence-electron chi connectivity index (χ4n) is 4.31. The van der Waals surface area contributed by atoms with E-state index in [0.717, 1.165) is 5.56 Å². The Bertz CT molecular complexity index is 1480. The maximum atomic E-state index is 13.3. The molecule has 1 saturated heterocycles. The number of nitrogens with zero attached hydrogens (tertiary/aromatic N) is 2. The summed E-state index contributed by atoms with van der Waals surface area (Å²) in [5, 5.41) is 15.1. The van der Waals surface area contributed by atoms with E-state index in [9.17, 15) is 14.7 Å². The zero-order chi connectivity index (χ0) is 25.9. The molecule has 1 N–H and O–H groups in total. The van der Waals surface area contributed by atoms with Gasteiger partial charge in [0.25, 0.3) is 5.78 Å². The molecule has 5 rings (SSSR count). The molecule has 37 heavy (non-hydrogen) atoms. The van der Waals surface area contributed by atoms with Gasteiger partial charge in [-0.15, -0.1) is 0 Å². The van der Waals surface area contributed by atoms with Gasteiger partial charge in [0.2, 0.25) is 0 Å². The number of ketones is 1. The highest BCUT2D eigenvalue weighted by molar-refractivity contribution is 6.51. The van der Waals surface area contributed by atoms with E-state index in [-0.39, 0.29) is 17.2 Å². The minimum Gasteiger partial charge on any atom is -0.507 e. The average molecular weight is 497 g/mol. The molecule has 1 aliphatic rings. The van der Waals surface area contributed by atoms with Crippen LogP contribution in [-0.4, -0.2) is 29.1 Å². The van der Waals surface area contributed by atoms with Crippen LogP contribution in [0.4, 0.5) is 5.82 Å². The molecule has 0 saturated carbocycles. The predicted octanol–water partition coefficient (Wildman–Crippen LogP) is 5.20. The molecule has 1 fully saturated rings. The fourth-order valence-corrected chi connectivity index (χ4v) is 4.31. The van der Waals surface area contributed by atoms with Gasteiger partial charge in [-0.1, -0.05) is 71.9 Å². The van der Waals surface area contributed by atoms with Crippen LogP contribution in [0.5, 0.6) is 11.5 Å². The van der Waals surface area contributed by atoms with Gasteiger partial charge >= 0.3 is 5.91 Å². The van der Waals surface area contributed by atoms with Crippen LogP contribution in [0.3, 0.4) is 0 Å². The Morgan fingerprint density at radius 1 is 0.973 bits per heavy atom. The van der Waals surface area contributed by atoms with E-state index in [0.29, 0.717) is 35.0 Å². The summed E-state index contributed by atoms with van der Waals surface area (Å²) >= 11 is 0. The van der Waals surface area contributed by atoms with Gasteiger partial charge in [-0.2, -0.15) is 0 Å². The fraction of sp³-hybridized carbons (Fsp3) is 0.138. The smallest absolute Gasteiger partial charge is 0.301 e. The van der Waals surface area contributed by atoms with Crippen molar-refractivity contribution in [1.82, 2.24) is 5.16 Å². The standard InChI is InChI=1S/C29H24N2O6/c1-18-15-24(30-37-18)31-26(25(28(33)29(31)34)27(32)20-11-7-4-8-12-20)21-13-14-22(23(16-21)35-2)36-17-19-9-5-3-6-10-19/h3-16,26,32H,17H2,1-2H3/b27-25+. The number of rotatable bonds is 7. The summed E-state index contributed by atoms with van der Waals surface area (Å²) in [6, 6.07) is 24.0. The minimum absolute atomic E-state index is 0.0585. The van der Waals surface area contributed by atoms with Crippen molar-refractivity contribution >= 4 is 23.3 Å². The zero-order valence-electron chi connectivity index (χ0n) is 20.3. The maximum absolute atomic E-state index is 13.3. The first kappa shape index (κ1) is 23.9. The number of ether oxygens (including phenoxy) is 2. The van der Waals surface area contributed by atoms with Crippen LogP contribution < -0.4 is 14.4 Å². The van der Waals surface area contributed by atoms with E-state index in [2.05, 4.69) is 5.16 Å². The summed E-state index contributed by atoms with van der Waals surface area (Å²) < 4.78 is 16.7. The monoisotopic (exact) mass is 496 g/mol. The van der Waals surface area contributed by atoms with E-state index in [1.54, 1.807) is 61.5 Å². The molecule has 1 aliphatic heterocycles. The van der Waals surface area contributed by atoms with Gasteiger partial charge in [0.05, 0.1) is 18.7 Å². The first-order valence-corrected chi connectivity index (χ1v) is 11.6. The summed E-state index contributed by atoms with van der Waals surface area (Å²) in [7, 11) is 1.51. The molecule has 1 aromatic heterocycles. The van der Waals surface area contributed by atoms with Crippen LogP contribution in [0.1, 0.15) is 28.5 Å². The van der Waals surface area contributed by atoms with Crippen LogP contribution in [-0.2, 0) is 16.2 Å². The van der Waals surface area contributed by atoms with Crippen molar-refractivity contribution in [1.29, 1.82) is 0 Å². The number of benzene rings is 3. The third-order valence-electron chi connectivity index (χ3n) is 6.09. The van der Waals surface area contributed by atoms with Gasteiger partial charge in [-0.05, 0) is 30.2 Å². The van der Waals surface area contributed by atoms with Gasteiger partial charge in [0, 0.05) is 11.6 Å². The molecule has 1 atom stereocenters. The molecule has 0 radical (unpaired) electrons. The van der Waals surface area contributed by atoms with Crippen LogP contribution >= 0.6 is 0 Å². The second kappa shape index (κ2) is 10.0. The number of Topliss-reactive ketones (excluding diaryl/α,β-unsaturated/α-hetero) is 1. The second-order valence-electron chi connectivity index (χ2n) is 8.52. The number of carbonyl (C=O) groups excluding carboxylic acids is 2. The van der Waals surface area contributed by atoms with Crippen LogP contribution in [0.15, 0.2) is 95.0 Å². The Morgan fingerprint density at radius 2 is 1.68 bits per heavy atom. The van der Waals surface area contributed by atoms with Crippen molar-refractivity contribution in [2.75, 3.05) is 12.0 Å². The molecule has 186 valence electrons. The van der Waals surface area contributed by atoms with E-state index >= 15 is 0 Å². The Kier molecular flexibility index (Phi) is 6.47. The molecule has 4 aromatic rings. The van der Waals surface area contributed by atoms with Crippen molar-refractivity contribution < 1.29 is 28.7 Å². The minimum atomic E-state index is -0.971. The van der Waals surface area contributed by atoms with Gasteiger partial charge in [0.1, 0.15) is 18.1 Å². The largest absolute Gasteiger partial charge is 0.507 e. The molecule has 2 heterocycles. The second-order valence-corrected chi connectivity index (χ2v) is 8.52. The van der Waals surface area contributed by atoms with Crippen molar-refractivity contribution in [2.24, 2.45) is 0 Å². The third kappa shape index (κ3) is 4.56. The maximum Gasteiger partial charge on any atom is 0.301 e. The zero-order valence-corrected chi connectivity index (χ0v) is 20.3. The van der Waals surface area contributed by atoms with Crippen LogP contribution in [0, 0.1) is 6.92 Å². The lowest BCUT2D eigenvalue weighted by molar-refractivity contribution is -0.132. The SMILES string of the molecule is COc1cc(C2/C(=C(\O)c3ccccc3)C(=O)C(=O)N2c2cc(C)on2)ccc1OCc1ccccc1. The molecule has 8 nitrogen and oxygen atoms in total. The normalized spacial score (nSPS) is 16.7. The molecule has 0 spiro atoms. The summed E-state index contributed by atoms with van der Waals surface area (Å²) in [5.74, 6) is -0.381. The molecule has 1 unspecified atom stereocenters. The van der Waals surface area contributed by atoms with Crippen molar-refractivity contribution in [3.05, 3.63) is 113 Å². The first-order chi connectivity index (χ1) is 18.0. The molecular weight excluding hydrogens is 472 g/mol. The number of amides is 1. The van der Waals surface area contributed by atoms with Crippen LogP contribution in [0.2, 0.25) is 0 Å². The Morgan fingerprint density at radius 3 is 2.32 bits per heavy atom. The molecule has 8 heteroatoms. The summed E-state index contributed by atoms with van der Waals surface area (Å²) in [6.07, 6.45) is 0. The van der Waals surface area contributed by atoms with E-state index in [4.69, 9.17) is 14.0 Å². The number of anilines is 1. The van der Waals surface area contributed by atoms with Gasteiger partial charge < -0.3 is 19.1 Å². The average Bonchev–Trinajstić information content (AvgIpc) is 3.48. The third-order valence-corrected chi connectivity index (χ3v) is 6.09. The molecule has 3 aromatic carbocycles. The highest BCUT2D eigenvalue weighted by Crippen LogP contribution is 2.44. The lowest BCUT2D eigenvalue weighted by Crippen LogP contribution is -2.29. The number of hydrogen-bond acceptors (Lipinski definition) is 7. The Balaban J connectivity index is 1.60. The van der Waals surface area contributed by atoms with Gasteiger partial charge in [-0.3, -0.25) is 14.5 Å². The highest BCUT2D eigenvalue weighted by atomic mass is 16.5. The predicted molar refractivity (Wildman–Crippen MR) is 136 cm³/mol. The number of methoxy groups -OCH3 is 1. The number of hydrogen-bond donors (Lipinski definition) is 1. The van der Waals surface area contributed by atoms with Crippen molar-refractivity contribution in [3.63, 3.8) is 0 Å². The first-order valence-electron chi connectivity index (χ1n) is 11.6. The Labute approximate surface area is 213 Å². The summed E-state index contributed by atoms with van der Waals surface area (Å²) in [5.41, 5.74) is 1.88. The summed E-state index contributed by atoms with van der Waals surface area (Å²) in [4.78, 5) is 27.7. The lowest BCUT2D eigenvalue weighted by Gasteiger charge is -2.23. The topological polar surface area (TPSA) is 102 Å². The highest BCUT2D eigenvalue weighted by Gasteiger charge is 2.48. The number of carbonyl (C=O) groups is 2. The van der Waals surface area contributed by atoms with Crippen molar-refractivity contribution in [3.8, 4) is 11.5 Å². The van der Waals surface area contributed by atoms with Crippen molar-refractivity contribution in [2.45, 2.75) is 19.6 Å². The number of aryl methyl sites for hydroxylation is 1. The molecule has 0 aliphatic carbocycles. The van der Waals surface area contributed by atoms with E-state index < -0.39 is 17.7 Å². The van der Waals surface area contributed by atoms with E-state index in [1.165, 1.54) is 12.0 Å². The number of aromatic nitrogens is 1. The Hall–Kier alpha value is -4.85.